The summed E-state index contributed by atoms with van der Waals surface area (Å²) in [5, 5.41) is 9.05. The van der Waals surface area contributed by atoms with Crippen molar-refractivity contribution in [3.8, 4) is 0 Å². The van der Waals surface area contributed by atoms with Crippen molar-refractivity contribution in [2.24, 2.45) is 0 Å². The van der Waals surface area contributed by atoms with Crippen LogP contribution in [0.4, 0.5) is 17.6 Å². The highest BCUT2D eigenvalue weighted by atomic mass is 19.4. The number of hydrogen-bond acceptors (Lipinski definition) is 2. The van der Waals surface area contributed by atoms with Gasteiger partial charge in [0.05, 0.1) is 11.1 Å². The van der Waals surface area contributed by atoms with Gasteiger partial charge in [0.15, 0.2) is 0 Å². The number of aromatic carboxylic acids is 1. The van der Waals surface area contributed by atoms with Gasteiger partial charge in [-0.2, -0.15) is 13.2 Å². The molecule has 0 spiro atoms. The fourth-order valence-corrected chi connectivity index (χ4v) is 3.52. The lowest BCUT2D eigenvalue weighted by molar-refractivity contribution is -0.140. The lowest BCUT2D eigenvalue weighted by Gasteiger charge is -2.37. The molecule has 1 aliphatic rings. The van der Waals surface area contributed by atoms with Crippen LogP contribution in [-0.2, 0) is 18.4 Å². The van der Waals surface area contributed by atoms with Crippen molar-refractivity contribution >= 4 is 5.97 Å². The number of nitrogens with zero attached hydrogens (tertiary/aromatic N) is 1. The van der Waals surface area contributed by atoms with Crippen molar-refractivity contribution in [3.63, 3.8) is 0 Å². The second-order valence-corrected chi connectivity index (χ2v) is 6.79. The first-order valence-electron chi connectivity index (χ1n) is 8.59. The van der Waals surface area contributed by atoms with E-state index in [4.69, 9.17) is 5.11 Å². The Kier molecular flexibility index (Phi) is 5.24. The number of piperidine rings is 1. The summed E-state index contributed by atoms with van der Waals surface area (Å²) in [6.45, 7) is 1.01. The molecule has 27 heavy (non-hydrogen) atoms. The van der Waals surface area contributed by atoms with E-state index in [2.05, 4.69) is 0 Å². The van der Waals surface area contributed by atoms with Gasteiger partial charge < -0.3 is 5.11 Å². The largest absolute Gasteiger partial charge is 0.478 e. The Hall–Kier alpha value is -2.41. The summed E-state index contributed by atoms with van der Waals surface area (Å²) >= 11 is 0. The molecule has 0 bridgehead atoms. The summed E-state index contributed by atoms with van der Waals surface area (Å²) in [4.78, 5) is 13.0. The summed E-state index contributed by atoms with van der Waals surface area (Å²) in [7, 11) is 0. The Bertz CT molecular complexity index is 827. The van der Waals surface area contributed by atoms with Gasteiger partial charge in [0.25, 0.3) is 0 Å². The highest BCUT2D eigenvalue weighted by Crippen LogP contribution is 2.43. The Morgan fingerprint density at radius 1 is 1.07 bits per heavy atom. The molecule has 0 aromatic heterocycles. The van der Waals surface area contributed by atoms with E-state index >= 15 is 4.39 Å². The zero-order valence-electron chi connectivity index (χ0n) is 14.5. The van der Waals surface area contributed by atoms with Crippen LogP contribution in [0.25, 0.3) is 0 Å². The number of carbonyl (C=O) groups is 1. The maximum Gasteiger partial charge on any atom is 0.416 e. The Balaban J connectivity index is 1.72. The molecule has 3 nitrogen and oxygen atoms in total. The van der Waals surface area contributed by atoms with E-state index in [1.807, 2.05) is 4.90 Å². The van der Waals surface area contributed by atoms with Crippen molar-refractivity contribution in [3.05, 3.63) is 70.8 Å². The van der Waals surface area contributed by atoms with Crippen molar-refractivity contribution in [1.82, 2.24) is 4.90 Å². The summed E-state index contributed by atoms with van der Waals surface area (Å²) in [6.07, 6.45) is -4.68. The minimum absolute atomic E-state index is 0.0429. The molecule has 0 atom stereocenters. The average Bonchev–Trinajstić information content (AvgIpc) is 2.63. The molecule has 0 radical (unpaired) electrons. The number of carboxylic acids is 1. The second kappa shape index (κ2) is 7.31. The molecule has 2 aromatic carbocycles. The molecule has 7 heteroatoms. The molecule has 0 amide bonds. The van der Waals surface area contributed by atoms with Crippen molar-refractivity contribution in [2.45, 2.75) is 31.2 Å². The molecular weight excluding hydrogens is 362 g/mol. The first-order chi connectivity index (χ1) is 12.7. The summed E-state index contributed by atoms with van der Waals surface area (Å²) < 4.78 is 55.0. The first kappa shape index (κ1) is 19.4. The maximum atomic E-state index is 15.4. The van der Waals surface area contributed by atoms with Crippen LogP contribution in [-0.4, -0.2) is 29.1 Å². The molecule has 1 saturated heterocycles. The minimum atomic E-state index is -4.59. The smallest absolute Gasteiger partial charge is 0.416 e. The number of hydrogen-bond donors (Lipinski definition) is 1. The third kappa shape index (κ3) is 4.30. The molecule has 0 aliphatic carbocycles. The van der Waals surface area contributed by atoms with Crippen LogP contribution in [0.15, 0.2) is 48.5 Å². The monoisotopic (exact) mass is 381 g/mol. The molecule has 0 saturated carbocycles. The topological polar surface area (TPSA) is 40.5 Å². The maximum absolute atomic E-state index is 15.4. The van der Waals surface area contributed by atoms with E-state index in [-0.39, 0.29) is 24.0 Å². The van der Waals surface area contributed by atoms with E-state index in [0.717, 1.165) is 11.6 Å². The lowest BCUT2D eigenvalue weighted by Crippen LogP contribution is -2.40. The van der Waals surface area contributed by atoms with Crippen LogP contribution in [0.5, 0.6) is 0 Å². The van der Waals surface area contributed by atoms with Crippen LogP contribution >= 0.6 is 0 Å². The zero-order chi connectivity index (χ0) is 19.7. The third-order valence-corrected chi connectivity index (χ3v) is 4.94. The van der Waals surface area contributed by atoms with Gasteiger partial charge in [-0.15, -0.1) is 0 Å². The average molecular weight is 381 g/mol. The summed E-state index contributed by atoms with van der Waals surface area (Å²) in [5.41, 5.74) is -2.30. The predicted octanol–water partition coefficient (Wildman–Crippen LogP) is 4.86. The van der Waals surface area contributed by atoms with E-state index in [1.165, 1.54) is 24.3 Å². The standard InChI is InChI=1S/C20H19F4NO2/c21-19(16-6-1-2-7-17(16)20(22,23)24)8-10-25(11-9-19)13-14-4-3-5-15(12-14)18(26)27/h1-7,12H,8-11,13H2,(H,26,27). The van der Waals surface area contributed by atoms with Gasteiger partial charge >= 0.3 is 12.1 Å². The van der Waals surface area contributed by atoms with Crippen LogP contribution in [0, 0.1) is 0 Å². The normalized spacial score (nSPS) is 17.6. The van der Waals surface area contributed by atoms with Gasteiger partial charge in [-0.25, -0.2) is 9.18 Å². The molecule has 1 heterocycles. The second-order valence-electron chi connectivity index (χ2n) is 6.79. The van der Waals surface area contributed by atoms with Crippen molar-refractivity contribution in [2.75, 3.05) is 13.1 Å². The van der Waals surface area contributed by atoms with Crippen LogP contribution in [0.1, 0.15) is 39.9 Å². The molecule has 2 aromatic rings. The van der Waals surface area contributed by atoms with Gasteiger partial charge in [-0.3, -0.25) is 4.90 Å². The zero-order valence-corrected chi connectivity index (χ0v) is 14.5. The molecular formula is C20H19F4NO2. The summed E-state index contributed by atoms with van der Waals surface area (Å²) in [5.74, 6) is -1.03. The third-order valence-electron chi connectivity index (χ3n) is 4.94. The minimum Gasteiger partial charge on any atom is -0.478 e. The van der Waals surface area contributed by atoms with Gasteiger partial charge in [0, 0.05) is 25.2 Å². The van der Waals surface area contributed by atoms with Gasteiger partial charge in [0.2, 0.25) is 0 Å². The van der Waals surface area contributed by atoms with Gasteiger partial charge in [0.1, 0.15) is 5.67 Å². The van der Waals surface area contributed by atoms with E-state index in [0.29, 0.717) is 19.6 Å². The molecule has 1 aliphatic heterocycles. The molecule has 1 fully saturated rings. The number of halogens is 4. The summed E-state index contributed by atoms with van der Waals surface area (Å²) in [6, 6.07) is 11.3. The molecule has 144 valence electrons. The molecule has 0 unspecified atom stereocenters. The number of likely N-dealkylation sites (tertiary alicyclic amines) is 1. The van der Waals surface area contributed by atoms with E-state index in [1.54, 1.807) is 18.2 Å². The highest BCUT2D eigenvalue weighted by Gasteiger charge is 2.43. The predicted molar refractivity (Wildman–Crippen MR) is 92.1 cm³/mol. The number of carboxylic acid groups (broad SMARTS) is 1. The van der Waals surface area contributed by atoms with E-state index in [9.17, 15) is 18.0 Å². The number of rotatable bonds is 4. The van der Waals surface area contributed by atoms with Crippen LogP contribution < -0.4 is 0 Å². The van der Waals surface area contributed by atoms with Gasteiger partial charge in [-0.1, -0.05) is 30.3 Å². The molecule has 3 rings (SSSR count). The quantitative estimate of drug-likeness (QED) is 0.769. The Morgan fingerprint density at radius 2 is 1.74 bits per heavy atom. The Morgan fingerprint density at radius 3 is 2.37 bits per heavy atom. The highest BCUT2D eigenvalue weighted by molar-refractivity contribution is 5.87. The van der Waals surface area contributed by atoms with Crippen LogP contribution in [0.3, 0.4) is 0 Å². The molecule has 1 N–H and O–H groups in total. The fraction of sp³-hybridized carbons (Fsp3) is 0.350. The van der Waals surface area contributed by atoms with E-state index < -0.39 is 23.4 Å². The SMILES string of the molecule is O=C(O)c1cccc(CN2CCC(F)(c3ccccc3C(F)(F)F)CC2)c1. The first-order valence-corrected chi connectivity index (χ1v) is 8.59. The van der Waals surface area contributed by atoms with Crippen molar-refractivity contribution in [1.29, 1.82) is 0 Å². The van der Waals surface area contributed by atoms with Crippen LogP contribution in [0.2, 0.25) is 0 Å². The number of alkyl halides is 4. The number of benzene rings is 2. The Labute approximate surface area is 154 Å². The fourth-order valence-electron chi connectivity index (χ4n) is 3.52. The van der Waals surface area contributed by atoms with Gasteiger partial charge in [-0.05, 0) is 36.6 Å². The lowest BCUT2D eigenvalue weighted by atomic mass is 9.83. The van der Waals surface area contributed by atoms with Crippen molar-refractivity contribution < 1.29 is 27.5 Å².